The second-order valence-corrected chi connectivity index (χ2v) is 9.21. The summed E-state index contributed by atoms with van der Waals surface area (Å²) in [5, 5.41) is 17.3. The van der Waals surface area contributed by atoms with Crippen LogP contribution in [0.15, 0.2) is 48.9 Å². The summed E-state index contributed by atoms with van der Waals surface area (Å²) in [5.74, 6) is 5.42. The highest BCUT2D eigenvalue weighted by atomic mass is 19.1. The van der Waals surface area contributed by atoms with Crippen LogP contribution in [0.2, 0.25) is 0 Å². The van der Waals surface area contributed by atoms with E-state index in [9.17, 15) is 19.1 Å². The smallest absolute Gasteiger partial charge is 0.342 e. The quantitative estimate of drug-likeness (QED) is 0.401. The number of benzene rings is 1. The number of nitrogens with zero attached hydrogens (tertiary/aromatic N) is 4. The Kier molecular flexibility index (Phi) is 7.09. The van der Waals surface area contributed by atoms with E-state index in [1.165, 1.54) is 23.5 Å². The number of fused-ring (bicyclic) bond motifs is 1. The number of rotatable bonds is 3. The minimum Gasteiger partial charge on any atom is -0.489 e. The van der Waals surface area contributed by atoms with Crippen LogP contribution in [0.25, 0.3) is 0 Å². The van der Waals surface area contributed by atoms with Gasteiger partial charge in [0.1, 0.15) is 24.0 Å². The van der Waals surface area contributed by atoms with Crippen molar-refractivity contribution in [2.75, 3.05) is 31.8 Å². The molecule has 5 rings (SSSR count). The van der Waals surface area contributed by atoms with Gasteiger partial charge in [-0.2, -0.15) is 14.2 Å². The van der Waals surface area contributed by atoms with Crippen LogP contribution in [0.3, 0.4) is 0 Å². The molecular formula is C27H26FN5O5. The van der Waals surface area contributed by atoms with Crippen LogP contribution < -0.4 is 15.0 Å². The van der Waals surface area contributed by atoms with Crippen LogP contribution in [-0.4, -0.2) is 70.3 Å². The summed E-state index contributed by atoms with van der Waals surface area (Å²) in [7, 11) is 1.59. The molecule has 2 aliphatic heterocycles. The van der Waals surface area contributed by atoms with Crippen molar-refractivity contribution in [3.05, 3.63) is 71.6 Å². The lowest BCUT2D eigenvalue weighted by Gasteiger charge is -2.26. The molecule has 2 amide bonds. The molecule has 1 aromatic carbocycles. The molecule has 0 bridgehead atoms. The number of hydrogen-bond donors (Lipinski definition) is 2. The normalized spacial score (nSPS) is 18.4. The summed E-state index contributed by atoms with van der Waals surface area (Å²) < 4.78 is 26.0. The highest BCUT2D eigenvalue weighted by Gasteiger charge is 2.31. The van der Waals surface area contributed by atoms with Crippen LogP contribution >= 0.6 is 0 Å². The van der Waals surface area contributed by atoms with Crippen molar-refractivity contribution in [3.63, 3.8) is 0 Å². The van der Waals surface area contributed by atoms with E-state index >= 15 is 0 Å². The van der Waals surface area contributed by atoms with Gasteiger partial charge in [0.25, 0.3) is 5.91 Å². The number of anilines is 1. The van der Waals surface area contributed by atoms with E-state index in [4.69, 9.17) is 9.47 Å². The number of carbonyl (C=O) groups is 2. The number of likely N-dealkylation sites (N-methyl/N-ethyl adjacent to an activating group) is 1. The molecule has 1 atom stereocenters. The first-order chi connectivity index (χ1) is 18.3. The van der Waals surface area contributed by atoms with Crippen LogP contribution in [-0.2, 0) is 16.0 Å². The van der Waals surface area contributed by atoms with E-state index < -0.39 is 23.6 Å². The molecule has 1 fully saturated rings. The minimum absolute atomic E-state index is 0.0816. The fraction of sp³-hybridized carbons (Fsp3) is 0.333. The zero-order valence-corrected chi connectivity index (χ0v) is 20.7. The SMILES string of the molecule is CN1C(=O)C(NC(=O)n2cc(Cc3cccnc3F)cn2)COc2ccc(C#CC3(O)CCOCC3)cc21. The van der Waals surface area contributed by atoms with Gasteiger partial charge in [0.2, 0.25) is 5.95 Å². The first-order valence-corrected chi connectivity index (χ1v) is 12.1. The molecular weight excluding hydrogens is 493 g/mol. The largest absolute Gasteiger partial charge is 0.489 e. The van der Waals surface area contributed by atoms with Crippen molar-refractivity contribution in [1.29, 1.82) is 0 Å². The third-order valence-electron chi connectivity index (χ3n) is 6.49. The van der Waals surface area contributed by atoms with Gasteiger partial charge < -0.3 is 24.8 Å². The number of carbonyl (C=O) groups excluding carboxylic acids is 2. The summed E-state index contributed by atoms with van der Waals surface area (Å²) in [5.41, 5.74) is 1.00. The molecule has 2 N–H and O–H groups in total. The Morgan fingerprint density at radius 1 is 1.32 bits per heavy atom. The Bertz CT molecular complexity index is 1420. The Morgan fingerprint density at radius 3 is 2.92 bits per heavy atom. The molecule has 1 unspecified atom stereocenters. The second kappa shape index (κ2) is 10.6. The fourth-order valence-electron chi connectivity index (χ4n) is 4.25. The van der Waals surface area contributed by atoms with Crippen molar-refractivity contribution in [2.24, 2.45) is 0 Å². The number of aromatic nitrogens is 3. The summed E-state index contributed by atoms with van der Waals surface area (Å²) in [4.78, 5) is 31.0. The van der Waals surface area contributed by atoms with E-state index in [2.05, 4.69) is 27.2 Å². The van der Waals surface area contributed by atoms with Crippen LogP contribution in [0.1, 0.15) is 29.5 Å². The molecule has 196 valence electrons. The molecule has 2 aliphatic rings. The summed E-state index contributed by atoms with van der Waals surface area (Å²) in [6, 6.07) is 6.82. The molecule has 0 saturated carbocycles. The van der Waals surface area contributed by atoms with Crippen molar-refractivity contribution < 1.29 is 28.6 Å². The van der Waals surface area contributed by atoms with E-state index in [0.717, 1.165) is 4.68 Å². The Morgan fingerprint density at radius 2 is 2.13 bits per heavy atom. The molecule has 0 aliphatic carbocycles. The molecule has 11 heteroatoms. The highest BCUT2D eigenvalue weighted by Crippen LogP contribution is 2.31. The van der Waals surface area contributed by atoms with Gasteiger partial charge in [-0.15, -0.1) is 0 Å². The van der Waals surface area contributed by atoms with Crippen LogP contribution in [0.5, 0.6) is 5.75 Å². The minimum atomic E-state index is -1.10. The molecule has 4 heterocycles. The first kappa shape index (κ1) is 25.4. The van der Waals surface area contributed by atoms with Gasteiger partial charge in [0.05, 0.1) is 25.1 Å². The van der Waals surface area contributed by atoms with Crippen molar-refractivity contribution >= 4 is 17.6 Å². The van der Waals surface area contributed by atoms with Gasteiger partial charge in [-0.05, 0) is 29.8 Å². The lowest BCUT2D eigenvalue weighted by atomic mass is 9.95. The summed E-state index contributed by atoms with van der Waals surface area (Å²) in [6.45, 7) is 0.828. The van der Waals surface area contributed by atoms with Crippen molar-refractivity contribution in [2.45, 2.75) is 30.9 Å². The zero-order chi connectivity index (χ0) is 26.7. The predicted molar refractivity (Wildman–Crippen MR) is 134 cm³/mol. The maximum Gasteiger partial charge on any atom is 0.342 e. The third-order valence-corrected chi connectivity index (χ3v) is 6.49. The standard InChI is InChI=1S/C27H26FN5O5/c1-32-22-14-18(6-7-27(36)8-11-37-12-9-27)4-5-23(22)38-17-21(25(32)34)31-26(35)33-16-19(15-30-33)13-20-3-2-10-29-24(20)28/h2-5,10,14-16,21,36H,8-9,11-13,17H2,1H3,(H,31,35). The van der Waals surface area contributed by atoms with E-state index in [1.54, 1.807) is 37.4 Å². The highest BCUT2D eigenvalue weighted by molar-refractivity contribution is 6.00. The number of aliphatic hydroxyl groups is 1. The molecule has 3 aromatic rings. The van der Waals surface area contributed by atoms with Gasteiger partial charge >= 0.3 is 6.03 Å². The van der Waals surface area contributed by atoms with E-state index in [-0.39, 0.29) is 18.9 Å². The summed E-state index contributed by atoms with van der Waals surface area (Å²) in [6.07, 6.45) is 5.38. The predicted octanol–water partition coefficient (Wildman–Crippen LogP) is 1.88. The molecule has 38 heavy (non-hydrogen) atoms. The van der Waals surface area contributed by atoms with Gasteiger partial charge in [-0.1, -0.05) is 17.9 Å². The van der Waals surface area contributed by atoms with Gasteiger partial charge in [-0.25, -0.2) is 9.78 Å². The average molecular weight is 520 g/mol. The average Bonchev–Trinajstić information content (AvgIpc) is 3.36. The van der Waals surface area contributed by atoms with E-state index in [0.29, 0.717) is 54.2 Å². The monoisotopic (exact) mass is 519 g/mol. The summed E-state index contributed by atoms with van der Waals surface area (Å²) >= 11 is 0. The Hall–Kier alpha value is -4.27. The molecule has 0 radical (unpaired) electrons. The number of halogens is 1. The van der Waals surface area contributed by atoms with Gasteiger partial charge in [0, 0.05) is 49.8 Å². The number of nitrogens with one attached hydrogen (secondary N) is 1. The van der Waals surface area contributed by atoms with Crippen LogP contribution in [0, 0.1) is 17.8 Å². The number of amides is 2. The maximum atomic E-state index is 13.9. The van der Waals surface area contributed by atoms with Gasteiger partial charge in [-0.3, -0.25) is 4.79 Å². The third kappa shape index (κ3) is 5.51. The van der Waals surface area contributed by atoms with Gasteiger partial charge in [0.15, 0.2) is 0 Å². The topological polar surface area (TPSA) is 119 Å². The Balaban J connectivity index is 1.26. The number of pyridine rings is 1. The Labute approximate surface area is 218 Å². The molecule has 10 nitrogen and oxygen atoms in total. The molecule has 0 spiro atoms. The first-order valence-electron chi connectivity index (χ1n) is 12.1. The lowest BCUT2D eigenvalue weighted by Crippen LogP contribution is -2.50. The fourth-order valence-corrected chi connectivity index (χ4v) is 4.25. The lowest BCUT2D eigenvalue weighted by molar-refractivity contribution is -0.120. The van der Waals surface area contributed by atoms with Crippen molar-refractivity contribution in [3.8, 4) is 17.6 Å². The number of hydrogen-bond acceptors (Lipinski definition) is 7. The van der Waals surface area contributed by atoms with Crippen LogP contribution in [0.4, 0.5) is 14.9 Å². The van der Waals surface area contributed by atoms with E-state index in [1.807, 2.05) is 0 Å². The molecule has 2 aromatic heterocycles. The zero-order valence-electron chi connectivity index (χ0n) is 20.7. The van der Waals surface area contributed by atoms with Crippen molar-refractivity contribution in [1.82, 2.24) is 20.1 Å². The second-order valence-electron chi connectivity index (χ2n) is 9.21. The number of ether oxygens (including phenoxy) is 2. The molecule has 1 saturated heterocycles. The maximum absolute atomic E-state index is 13.9.